The number of nitrogens with two attached hydrogens (primary N) is 1. The highest BCUT2D eigenvalue weighted by Gasteiger charge is 2.24. The van der Waals surface area contributed by atoms with Crippen LogP contribution in [0.4, 0.5) is 0 Å². The second kappa shape index (κ2) is 8.03. The van der Waals surface area contributed by atoms with Crippen LogP contribution in [-0.4, -0.2) is 25.7 Å². The lowest BCUT2D eigenvalue weighted by Crippen LogP contribution is -2.36. The van der Waals surface area contributed by atoms with Gasteiger partial charge in [-0.15, -0.1) is 0 Å². The molecule has 3 N–H and O–H groups in total. The van der Waals surface area contributed by atoms with Crippen molar-refractivity contribution >= 4 is 5.91 Å². The summed E-state index contributed by atoms with van der Waals surface area (Å²) in [5.74, 6) is 1.44. The number of carbonyl (C=O) groups is 1. The first kappa shape index (κ1) is 16.6. The smallest absolute Gasteiger partial charge is 0.220 e. The summed E-state index contributed by atoms with van der Waals surface area (Å²) in [5, 5.41) is 3.56. The van der Waals surface area contributed by atoms with Crippen molar-refractivity contribution in [2.45, 2.75) is 45.2 Å². The Kier molecular flexibility index (Phi) is 6.07. The van der Waals surface area contributed by atoms with Crippen molar-refractivity contribution in [3.05, 3.63) is 23.8 Å². The van der Waals surface area contributed by atoms with Crippen LogP contribution < -0.4 is 20.5 Å². The summed E-state index contributed by atoms with van der Waals surface area (Å²) >= 11 is 0. The molecule has 0 radical (unpaired) electrons. The molecule has 122 valence electrons. The highest BCUT2D eigenvalue weighted by Crippen LogP contribution is 2.28. The van der Waals surface area contributed by atoms with Crippen molar-refractivity contribution in [3.8, 4) is 11.5 Å². The second-order valence-corrected chi connectivity index (χ2v) is 5.75. The maximum absolute atomic E-state index is 11.2. The Labute approximate surface area is 132 Å². The number of hydrogen-bond acceptors (Lipinski definition) is 4. The van der Waals surface area contributed by atoms with Gasteiger partial charge >= 0.3 is 0 Å². The minimum absolute atomic E-state index is 0.0589. The van der Waals surface area contributed by atoms with E-state index >= 15 is 0 Å². The Morgan fingerprint density at radius 1 is 1.27 bits per heavy atom. The Morgan fingerprint density at radius 2 is 2.00 bits per heavy atom. The first-order chi connectivity index (χ1) is 10.6. The number of rotatable bonds is 7. The molecule has 0 heterocycles. The molecule has 1 saturated carbocycles. The molecule has 1 aromatic rings. The van der Waals surface area contributed by atoms with Crippen LogP contribution in [0, 0.1) is 5.92 Å². The van der Waals surface area contributed by atoms with Crippen LogP contribution in [0.25, 0.3) is 0 Å². The van der Waals surface area contributed by atoms with Gasteiger partial charge in [-0.3, -0.25) is 4.79 Å². The molecule has 1 aliphatic carbocycles. The van der Waals surface area contributed by atoms with Crippen LogP contribution in [0.3, 0.4) is 0 Å². The van der Waals surface area contributed by atoms with Gasteiger partial charge < -0.3 is 20.5 Å². The molecule has 1 amide bonds. The molecule has 0 aromatic heterocycles. The van der Waals surface area contributed by atoms with E-state index in [1.165, 1.54) is 5.56 Å². The van der Waals surface area contributed by atoms with Gasteiger partial charge in [0.15, 0.2) is 11.5 Å². The number of ether oxygens (including phenoxy) is 2. The topological polar surface area (TPSA) is 73.6 Å². The summed E-state index contributed by atoms with van der Waals surface area (Å²) < 4.78 is 10.9. The van der Waals surface area contributed by atoms with Crippen LogP contribution in [-0.2, 0) is 11.3 Å². The second-order valence-electron chi connectivity index (χ2n) is 5.75. The van der Waals surface area contributed by atoms with Gasteiger partial charge in [0.2, 0.25) is 5.91 Å². The molecule has 1 fully saturated rings. The van der Waals surface area contributed by atoms with Crippen LogP contribution in [0.15, 0.2) is 18.2 Å². The fraction of sp³-hybridized carbons (Fsp3) is 0.588. The predicted octanol–water partition coefficient (Wildman–Crippen LogP) is 2.23. The van der Waals surface area contributed by atoms with E-state index in [1.54, 1.807) is 7.11 Å². The summed E-state index contributed by atoms with van der Waals surface area (Å²) in [5.41, 5.74) is 6.53. The molecule has 5 heteroatoms. The number of benzene rings is 1. The molecular formula is C17H26N2O3. The zero-order chi connectivity index (χ0) is 15.9. The maximum atomic E-state index is 11.2. The zero-order valence-electron chi connectivity index (χ0n) is 13.4. The molecule has 0 unspecified atom stereocenters. The average molecular weight is 306 g/mol. The fourth-order valence-electron chi connectivity index (χ4n) is 2.94. The van der Waals surface area contributed by atoms with Crippen molar-refractivity contribution in [2.75, 3.05) is 13.7 Å². The number of hydrogen-bond donors (Lipinski definition) is 2. The van der Waals surface area contributed by atoms with Crippen molar-refractivity contribution in [1.82, 2.24) is 5.32 Å². The number of carbonyl (C=O) groups excluding carboxylic acids is 1. The molecule has 0 aliphatic heterocycles. The van der Waals surface area contributed by atoms with Crippen LogP contribution in [0.5, 0.6) is 11.5 Å². The highest BCUT2D eigenvalue weighted by molar-refractivity contribution is 5.76. The lowest BCUT2D eigenvalue weighted by Gasteiger charge is -2.27. The molecule has 0 bridgehead atoms. The van der Waals surface area contributed by atoms with Crippen molar-refractivity contribution < 1.29 is 14.3 Å². The van der Waals surface area contributed by atoms with E-state index in [0.29, 0.717) is 12.6 Å². The quantitative estimate of drug-likeness (QED) is 0.810. The molecule has 0 atom stereocenters. The van der Waals surface area contributed by atoms with Crippen molar-refractivity contribution in [2.24, 2.45) is 11.7 Å². The normalized spacial score (nSPS) is 21.4. The average Bonchev–Trinajstić information content (AvgIpc) is 2.54. The first-order valence-electron chi connectivity index (χ1n) is 7.96. The summed E-state index contributed by atoms with van der Waals surface area (Å²) in [6.07, 6.45) is 3.78. The summed E-state index contributed by atoms with van der Waals surface area (Å²) in [7, 11) is 1.65. The molecule has 22 heavy (non-hydrogen) atoms. The SMILES string of the molecule is CCOc1cc(CNC2CCC(C(N)=O)CC2)ccc1OC. The largest absolute Gasteiger partial charge is 0.493 e. The Hall–Kier alpha value is -1.75. The minimum Gasteiger partial charge on any atom is -0.493 e. The third-order valence-electron chi connectivity index (χ3n) is 4.25. The zero-order valence-corrected chi connectivity index (χ0v) is 13.4. The molecule has 2 rings (SSSR count). The lowest BCUT2D eigenvalue weighted by atomic mass is 9.85. The Bertz CT molecular complexity index is 497. The summed E-state index contributed by atoms with van der Waals surface area (Å²) in [4.78, 5) is 11.2. The fourth-order valence-corrected chi connectivity index (χ4v) is 2.94. The third kappa shape index (κ3) is 4.37. The number of nitrogens with one attached hydrogen (secondary N) is 1. The van der Waals surface area contributed by atoms with E-state index < -0.39 is 0 Å². The van der Waals surface area contributed by atoms with Crippen LogP contribution in [0.1, 0.15) is 38.2 Å². The molecule has 1 aromatic carbocycles. The van der Waals surface area contributed by atoms with Gasteiger partial charge in [-0.1, -0.05) is 6.07 Å². The molecule has 5 nitrogen and oxygen atoms in total. The first-order valence-corrected chi connectivity index (χ1v) is 7.96. The maximum Gasteiger partial charge on any atom is 0.220 e. The summed E-state index contributed by atoms with van der Waals surface area (Å²) in [6, 6.07) is 6.45. The van der Waals surface area contributed by atoms with E-state index in [2.05, 4.69) is 5.32 Å². The molecule has 0 spiro atoms. The van der Waals surface area contributed by atoms with E-state index in [9.17, 15) is 4.79 Å². The number of methoxy groups -OCH3 is 1. The van der Waals surface area contributed by atoms with E-state index in [4.69, 9.17) is 15.2 Å². The molecule has 1 aliphatic rings. The monoisotopic (exact) mass is 306 g/mol. The third-order valence-corrected chi connectivity index (χ3v) is 4.25. The van der Waals surface area contributed by atoms with Gasteiger partial charge in [-0.25, -0.2) is 0 Å². The Balaban J connectivity index is 1.87. The Morgan fingerprint density at radius 3 is 2.59 bits per heavy atom. The van der Waals surface area contributed by atoms with Crippen LogP contribution in [0.2, 0.25) is 0 Å². The van der Waals surface area contributed by atoms with Gasteiger partial charge in [0, 0.05) is 18.5 Å². The van der Waals surface area contributed by atoms with Crippen molar-refractivity contribution in [3.63, 3.8) is 0 Å². The van der Waals surface area contributed by atoms with Gasteiger partial charge in [-0.2, -0.15) is 0 Å². The number of amides is 1. The van der Waals surface area contributed by atoms with Gasteiger partial charge in [0.05, 0.1) is 13.7 Å². The van der Waals surface area contributed by atoms with Gasteiger partial charge in [0.1, 0.15) is 0 Å². The molecule has 0 saturated heterocycles. The molecular weight excluding hydrogens is 280 g/mol. The van der Waals surface area contributed by atoms with Gasteiger partial charge in [-0.05, 0) is 50.3 Å². The lowest BCUT2D eigenvalue weighted by molar-refractivity contribution is -0.122. The van der Waals surface area contributed by atoms with E-state index in [1.807, 2.05) is 25.1 Å². The number of primary amides is 1. The van der Waals surface area contributed by atoms with Crippen LogP contribution >= 0.6 is 0 Å². The van der Waals surface area contributed by atoms with E-state index in [-0.39, 0.29) is 11.8 Å². The predicted molar refractivity (Wildman–Crippen MR) is 85.9 cm³/mol. The van der Waals surface area contributed by atoms with Gasteiger partial charge in [0.25, 0.3) is 0 Å². The van der Waals surface area contributed by atoms with Crippen molar-refractivity contribution in [1.29, 1.82) is 0 Å². The van der Waals surface area contributed by atoms with E-state index in [0.717, 1.165) is 43.7 Å². The summed E-state index contributed by atoms with van der Waals surface area (Å²) in [6.45, 7) is 3.36. The standard InChI is InChI=1S/C17H26N2O3/c1-3-22-16-10-12(4-9-15(16)21-2)11-19-14-7-5-13(6-8-14)17(18)20/h4,9-10,13-14,19H,3,5-8,11H2,1-2H3,(H2,18,20). The highest BCUT2D eigenvalue weighted by atomic mass is 16.5. The minimum atomic E-state index is -0.157.